The number of fused-ring (bicyclic) bond motifs is 1. The molecular formula is C29H39N5O6S. The third-order valence-electron chi connectivity index (χ3n) is 7.27. The summed E-state index contributed by atoms with van der Waals surface area (Å²) in [6, 6.07) is 11.4. The number of para-hydroxylation sites is 1. The number of ether oxygens (including phenoxy) is 2. The number of anilines is 2. The van der Waals surface area contributed by atoms with E-state index in [4.69, 9.17) is 9.47 Å². The van der Waals surface area contributed by atoms with Crippen molar-refractivity contribution in [1.29, 1.82) is 0 Å². The maximum absolute atomic E-state index is 13.7. The largest absolute Gasteiger partial charge is 0.492 e. The second-order valence-corrected chi connectivity index (χ2v) is 13.1. The Balaban J connectivity index is 1.64. The monoisotopic (exact) mass is 585 g/mol. The van der Waals surface area contributed by atoms with Gasteiger partial charge in [0, 0.05) is 45.2 Å². The van der Waals surface area contributed by atoms with Gasteiger partial charge < -0.3 is 24.3 Å². The number of carbonyl (C=O) groups excluding carboxylic acids is 2. The molecule has 0 radical (unpaired) electrons. The Morgan fingerprint density at radius 1 is 1.00 bits per heavy atom. The lowest BCUT2D eigenvalue weighted by atomic mass is 9.86. The first-order chi connectivity index (χ1) is 19.2. The number of aryl methyl sites for hydroxylation is 1. The smallest absolute Gasteiger partial charge is 0.409 e. The van der Waals surface area contributed by atoms with Crippen LogP contribution in [-0.4, -0.2) is 81.4 Å². The molecular weight excluding hydrogens is 546 g/mol. The van der Waals surface area contributed by atoms with Crippen molar-refractivity contribution >= 4 is 44.3 Å². The van der Waals surface area contributed by atoms with Gasteiger partial charge in [-0.05, 0) is 34.7 Å². The Kier molecular flexibility index (Phi) is 8.55. The van der Waals surface area contributed by atoms with Crippen molar-refractivity contribution in [3.63, 3.8) is 0 Å². The Morgan fingerprint density at radius 3 is 2.24 bits per heavy atom. The summed E-state index contributed by atoms with van der Waals surface area (Å²) >= 11 is 0. The summed E-state index contributed by atoms with van der Waals surface area (Å²) < 4.78 is 39.0. The van der Waals surface area contributed by atoms with Crippen LogP contribution in [0.3, 0.4) is 0 Å². The van der Waals surface area contributed by atoms with Crippen molar-refractivity contribution in [2.24, 2.45) is 7.05 Å². The number of methoxy groups -OCH3 is 2. The highest BCUT2D eigenvalue weighted by Crippen LogP contribution is 2.39. The second kappa shape index (κ2) is 11.6. The first-order valence-corrected chi connectivity index (χ1v) is 15.2. The van der Waals surface area contributed by atoms with Gasteiger partial charge in [0.15, 0.2) is 5.75 Å². The molecule has 11 nitrogen and oxygen atoms in total. The summed E-state index contributed by atoms with van der Waals surface area (Å²) in [7, 11) is 1.08. The van der Waals surface area contributed by atoms with E-state index >= 15 is 0 Å². The van der Waals surface area contributed by atoms with Crippen LogP contribution < -0.4 is 14.8 Å². The fourth-order valence-corrected chi connectivity index (χ4v) is 5.69. The third kappa shape index (κ3) is 6.76. The number of piperazine rings is 1. The summed E-state index contributed by atoms with van der Waals surface area (Å²) in [5.41, 5.74) is 3.59. The molecule has 1 aliphatic heterocycles. The minimum absolute atomic E-state index is 0.224. The lowest BCUT2D eigenvalue weighted by Crippen LogP contribution is -2.48. The minimum Gasteiger partial charge on any atom is -0.492 e. The molecule has 3 aromatic rings. The number of rotatable bonds is 7. The molecule has 1 aliphatic rings. The van der Waals surface area contributed by atoms with Gasteiger partial charge in [-0.2, -0.15) is 0 Å². The number of sulfonamides is 1. The zero-order valence-electron chi connectivity index (χ0n) is 24.7. The maximum Gasteiger partial charge on any atom is 0.409 e. The number of benzene rings is 2. The predicted octanol–water partition coefficient (Wildman–Crippen LogP) is 3.99. The van der Waals surface area contributed by atoms with Crippen LogP contribution in [0, 0.1) is 0 Å². The van der Waals surface area contributed by atoms with Gasteiger partial charge >= 0.3 is 6.09 Å². The number of nitrogens with zero attached hydrogens (tertiary/aromatic N) is 3. The molecule has 12 heteroatoms. The number of amides is 2. The molecule has 4 rings (SSSR count). The average Bonchev–Trinajstić information content (AvgIpc) is 3.24. The van der Waals surface area contributed by atoms with E-state index in [0.29, 0.717) is 31.0 Å². The number of nitrogens with one attached hydrogen (secondary N) is 2. The molecule has 222 valence electrons. The predicted molar refractivity (Wildman–Crippen MR) is 160 cm³/mol. The van der Waals surface area contributed by atoms with E-state index in [1.54, 1.807) is 11.0 Å². The Bertz CT molecular complexity index is 1570. The van der Waals surface area contributed by atoms with Gasteiger partial charge in [-0.1, -0.05) is 39.0 Å². The molecule has 1 saturated heterocycles. The summed E-state index contributed by atoms with van der Waals surface area (Å²) in [4.78, 5) is 29.5. The highest BCUT2D eigenvalue weighted by atomic mass is 32.2. The Labute approximate surface area is 241 Å². The topological polar surface area (TPSA) is 122 Å². The quantitative estimate of drug-likeness (QED) is 0.430. The van der Waals surface area contributed by atoms with Crippen molar-refractivity contribution in [3.8, 4) is 5.75 Å². The highest BCUT2D eigenvalue weighted by Gasteiger charge is 2.25. The molecule has 0 spiro atoms. The van der Waals surface area contributed by atoms with Crippen LogP contribution in [0.25, 0.3) is 10.9 Å². The van der Waals surface area contributed by atoms with Crippen molar-refractivity contribution < 1.29 is 27.5 Å². The van der Waals surface area contributed by atoms with Crippen molar-refractivity contribution in [1.82, 2.24) is 14.4 Å². The maximum atomic E-state index is 13.7. The molecule has 0 bridgehead atoms. The Hall–Kier alpha value is -3.77. The lowest BCUT2D eigenvalue weighted by Gasteiger charge is -2.33. The first-order valence-electron chi connectivity index (χ1n) is 13.4. The van der Waals surface area contributed by atoms with Gasteiger partial charge in [0.05, 0.1) is 37.4 Å². The van der Waals surface area contributed by atoms with E-state index in [-0.39, 0.29) is 28.9 Å². The van der Waals surface area contributed by atoms with Crippen LogP contribution in [0.2, 0.25) is 0 Å². The molecule has 2 N–H and O–H groups in total. The molecule has 0 saturated carbocycles. The Morgan fingerprint density at radius 2 is 1.66 bits per heavy atom. The van der Waals surface area contributed by atoms with Crippen LogP contribution in [0.1, 0.15) is 42.4 Å². The van der Waals surface area contributed by atoms with E-state index in [9.17, 15) is 18.0 Å². The molecule has 0 unspecified atom stereocenters. The average molecular weight is 586 g/mol. The SMILES string of the molecule is COC(=O)N1CCN(Cc2cccc3cc(C(=O)Nc4cc(C(C)(C)C)cc(NS(C)(=O)=O)c4OC)n(C)c23)CC1. The summed E-state index contributed by atoms with van der Waals surface area (Å²) in [6.07, 6.45) is 0.759. The van der Waals surface area contributed by atoms with Crippen LogP contribution in [-0.2, 0) is 33.8 Å². The van der Waals surface area contributed by atoms with Gasteiger partial charge in [0.2, 0.25) is 10.0 Å². The summed E-state index contributed by atoms with van der Waals surface area (Å²) in [5.74, 6) is -0.127. The minimum atomic E-state index is -3.60. The zero-order chi connectivity index (χ0) is 30.1. The molecule has 41 heavy (non-hydrogen) atoms. The van der Waals surface area contributed by atoms with E-state index in [1.165, 1.54) is 14.2 Å². The summed E-state index contributed by atoms with van der Waals surface area (Å²) in [5, 5.41) is 3.89. The van der Waals surface area contributed by atoms with Gasteiger partial charge in [-0.25, -0.2) is 13.2 Å². The van der Waals surface area contributed by atoms with Crippen LogP contribution in [0.5, 0.6) is 5.75 Å². The van der Waals surface area contributed by atoms with E-state index in [0.717, 1.165) is 41.4 Å². The number of aromatic nitrogens is 1. The second-order valence-electron chi connectivity index (χ2n) is 11.4. The fraction of sp³-hybridized carbons (Fsp3) is 0.448. The van der Waals surface area contributed by atoms with E-state index in [1.807, 2.05) is 56.7 Å². The molecule has 2 heterocycles. The highest BCUT2D eigenvalue weighted by molar-refractivity contribution is 7.92. The number of hydrogen-bond acceptors (Lipinski definition) is 7. The third-order valence-corrected chi connectivity index (χ3v) is 7.86. The van der Waals surface area contributed by atoms with E-state index < -0.39 is 10.0 Å². The van der Waals surface area contributed by atoms with Crippen molar-refractivity contribution in [2.75, 3.05) is 56.7 Å². The van der Waals surface area contributed by atoms with Gasteiger partial charge in [-0.3, -0.25) is 14.4 Å². The lowest BCUT2D eigenvalue weighted by molar-refractivity contribution is 0.0890. The van der Waals surface area contributed by atoms with Crippen molar-refractivity contribution in [2.45, 2.75) is 32.7 Å². The zero-order valence-corrected chi connectivity index (χ0v) is 25.5. The first kappa shape index (κ1) is 30.2. The molecule has 0 atom stereocenters. The molecule has 1 aromatic heterocycles. The van der Waals surface area contributed by atoms with Crippen LogP contribution >= 0.6 is 0 Å². The van der Waals surface area contributed by atoms with Gasteiger partial charge in [0.1, 0.15) is 5.69 Å². The van der Waals surface area contributed by atoms with Crippen molar-refractivity contribution in [3.05, 3.63) is 53.2 Å². The van der Waals surface area contributed by atoms with E-state index in [2.05, 4.69) is 21.0 Å². The normalized spacial score (nSPS) is 14.7. The van der Waals surface area contributed by atoms with Crippen LogP contribution in [0.4, 0.5) is 16.2 Å². The molecule has 0 aliphatic carbocycles. The molecule has 1 fully saturated rings. The molecule has 2 aromatic carbocycles. The molecule has 2 amide bonds. The number of carbonyl (C=O) groups is 2. The fourth-order valence-electron chi connectivity index (χ4n) is 5.14. The summed E-state index contributed by atoms with van der Waals surface area (Å²) in [6.45, 7) is 9.31. The number of hydrogen-bond donors (Lipinski definition) is 2. The van der Waals surface area contributed by atoms with Gasteiger partial charge in [-0.15, -0.1) is 0 Å². The van der Waals surface area contributed by atoms with Crippen LogP contribution in [0.15, 0.2) is 36.4 Å². The van der Waals surface area contributed by atoms with Gasteiger partial charge in [0.25, 0.3) is 5.91 Å². The standard InChI is InChI=1S/C29H39N5O6S/c1-29(2,3)21-16-22(26(39-5)23(17-21)31-41(7,37)38)30-27(35)24-15-19-9-8-10-20(25(19)32(24)4)18-33-11-13-34(14-12-33)28(36)40-6/h8-10,15-17,31H,11-14,18H2,1-7H3,(H,30,35).